The van der Waals surface area contributed by atoms with Crippen molar-refractivity contribution in [3.63, 3.8) is 0 Å². The third-order valence-corrected chi connectivity index (χ3v) is 6.01. The maximum atomic E-state index is 13.1. The molecule has 6 nitrogen and oxygen atoms in total. The normalized spacial score (nSPS) is 12.5. The molecule has 0 spiro atoms. The summed E-state index contributed by atoms with van der Waals surface area (Å²) in [6, 6.07) is 16.4. The molecule has 8 heteroatoms. The van der Waals surface area contributed by atoms with Gasteiger partial charge in [0, 0.05) is 11.1 Å². The van der Waals surface area contributed by atoms with Gasteiger partial charge in [-0.25, -0.2) is 8.42 Å². The fourth-order valence-electron chi connectivity index (χ4n) is 2.71. The largest absolute Gasteiger partial charge is 0.360 e. The topological polar surface area (TPSA) is 89.3 Å². The minimum atomic E-state index is -3.89. The van der Waals surface area contributed by atoms with Gasteiger partial charge in [-0.3, -0.25) is 4.79 Å². The molecule has 0 fully saturated rings. The van der Waals surface area contributed by atoms with Crippen molar-refractivity contribution in [1.29, 1.82) is 0 Å². The van der Waals surface area contributed by atoms with Crippen molar-refractivity contribution in [3.05, 3.63) is 82.6 Å². The summed E-state index contributed by atoms with van der Waals surface area (Å²) in [6.07, 6.45) is 0. The lowest BCUT2D eigenvalue weighted by Gasteiger charge is -2.17. The quantitative estimate of drug-likeness (QED) is 0.672. The second kappa shape index (κ2) is 7.94. The van der Waals surface area contributed by atoms with Crippen molar-refractivity contribution < 1.29 is 17.7 Å². The number of sulfone groups is 1. The van der Waals surface area contributed by atoms with Crippen LogP contribution in [0, 0.1) is 6.92 Å². The van der Waals surface area contributed by atoms with Crippen molar-refractivity contribution in [1.82, 2.24) is 5.16 Å². The second-order valence-corrected chi connectivity index (χ2v) is 8.56. The Hall–Kier alpha value is -2.64. The molecule has 0 radical (unpaired) electrons. The molecule has 27 heavy (non-hydrogen) atoms. The predicted molar refractivity (Wildman–Crippen MR) is 103 cm³/mol. The van der Waals surface area contributed by atoms with E-state index in [1.165, 1.54) is 6.07 Å². The van der Waals surface area contributed by atoms with Gasteiger partial charge >= 0.3 is 0 Å². The van der Waals surface area contributed by atoms with E-state index in [0.29, 0.717) is 21.9 Å². The summed E-state index contributed by atoms with van der Waals surface area (Å²) in [5.41, 5.74) is 0.880. The summed E-state index contributed by atoms with van der Waals surface area (Å²) in [6.45, 7) is 1.67. The first-order chi connectivity index (χ1) is 12.8. The molecule has 1 amide bonds. The highest BCUT2D eigenvalue weighted by molar-refractivity contribution is 7.91. The Morgan fingerprint density at radius 2 is 1.89 bits per heavy atom. The molecule has 0 saturated carbocycles. The number of carbonyl (C=O) groups is 1. The van der Waals surface area contributed by atoms with Crippen LogP contribution in [0.2, 0.25) is 5.02 Å². The number of hydrogen-bond acceptors (Lipinski definition) is 5. The molecule has 3 aromatic rings. The van der Waals surface area contributed by atoms with E-state index in [9.17, 15) is 13.2 Å². The van der Waals surface area contributed by atoms with Crippen LogP contribution in [0.4, 0.5) is 5.82 Å². The highest BCUT2D eigenvalue weighted by atomic mass is 35.5. The van der Waals surface area contributed by atoms with Gasteiger partial charge in [-0.15, -0.1) is 0 Å². The Labute approximate surface area is 162 Å². The Morgan fingerprint density at radius 1 is 1.15 bits per heavy atom. The number of aromatic nitrogens is 1. The minimum Gasteiger partial charge on any atom is -0.360 e. The van der Waals surface area contributed by atoms with E-state index in [2.05, 4.69) is 10.5 Å². The van der Waals surface area contributed by atoms with Gasteiger partial charge in [0.2, 0.25) is 5.91 Å². The maximum Gasteiger partial charge on any atom is 0.248 e. The lowest BCUT2D eigenvalue weighted by Crippen LogP contribution is -2.29. The highest BCUT2D eigenvalue weighted by Gasteiger charge is 2.34. The summed E-state index contributed by atoms with van der Waals surface area (Å²) < 4.78 is 31.1. The predicted octanol–water partition coefficient (Wildman–Crippen LogP) is 3.93. The first kappa shape index (κ1) is 19.1. The summed E-state index contributed by atoms with van der Waals surface area (Å²) in [4.78, 5) is 12.8. The van der Waals surface area contributed by atoms with Crippen molar-refractivity contribution in [3.8, 4) is 0 Å². The van der Waals surface area contributed by atoms with Crippen molar-refractivity contribution in [2.75, 3.05) is 5.32 Å². The zero-order chi connectivity index (χ0) is 19.4. The minimum absolute atomic E-state index is 0.163. The van der Waals surface area contributed by atoms with E-state index < -0.39 is 21.0 Å². The van der Waals surface area contributed by atoms with Crippen LogP contribution < -0.4 is 5.32 Å². The molecule has 1 unspecified atom stereocenters. The third-order valence-electron chi connectivity index (χ3n) is 3.84. The van der Waals surface area contributed by atoms with E-state index >= 15 is 0 Å². The number of nitrogens with zero attached hydrogens (tertiary/aromatic N) is 1. The van der Waals surface area contributed by atoms with Gasteiger partial charge in [0.05, 0.1) is 5.75 Å². The van der Waals surface area contributed by atoms with Crippen LogP contribution in [0.3, 0.4) is 0 Å². The molecular formula is C19H17ClN2O4S. The molecule has 0 bridgehead atoms. The second-order valence-electron chi connectivity index (χ2n) is 6.04. The molecule has 1 aromatic heterocycles. The van der Waals surface area contributed by atoms with Gasteiger partial charge in [0.1, 0.15) is 5.76 Å². The van der Waals surface area contributed by atoms with Crippen LogP contribution >= 0.6 is 11.6 Å². The fraction of sp³-hybridized carbons (Fsp3) is 0.158. The molecule has 3 rings (SSSR count). The first-order valence-electron chi connectivity index (χ1n) is 8.10. The standard InChI is InChI=1S/C19H17ClN2O4S/c1-13-10-17(22-26-13)21-19(23)18(15-7-3-2-4-8-15)27(24,25)12-14-6-5-9-16(20)11-14/h2-11,18H,12H2,1H3,(H,21,22,23). The van der Waals surface area contributed by atoms with Gasteiger partial charge in [-0.05, 0) is 30.2 Å². The molecule has 140 valence electrons. The van der Waals surface area contributed by atoms with E-state index in [4.69, 9.17) is 16.1 Å². The molecule has 0 aliphatic carbocycles. The monoisotopic (exact) mass is 404 g/mol. The Morgan fingerprint density at radius 3 is 2.52 bits per heavy atom. The highest BCUT2D eigenvalue weighted by Crippen LogP contribution is 2.28. The van der Waals surface area contributed by atoms with E-state index in [1.54, 1.807) is 61.5 Å². The number of rotatable bonds is 6. The third kappa shape index (κ3) is 4.75. The molecule has 1 N–H and O–H groups in total. The van der Waals surface area contributed by atoms with Crippen molar-refractivity contribution in [2.45, 2.75) is 17.9 Å². The Kier molecular flexibility index (Phi) is 5.62. The zero-order valence-corrected chi connectivity index (χ0v) is 16.0. The lowest BCUT2D eigenvalue weighted by molar-refractivity contribution is -0.116. The molecule has 0 aliphatic rings. The Bertz CT molecular complexity index is 1050. The maximum absolute atomic E-state index is 13.1. The SMILES string of the molecule is Cc1cc(NC(=O)C(c2ccccc2)S(=O)(=O)Cc2cccc(Cl)c2)no1. The van der Waals surface area contributed by atoms with Gasteiger partial charge in [-0.2, -0.15) is 0 Å². The number of nitrogens with one attached hydrogen (secondary N) is 1. The fourth-order valence-corrected chi connectivity index (χ4v) is 4.69. The molecule has 1 atom stereocenters. The summed E-state index contributed by atoms with van der Waals surface area (Å²) in [7, 11) is -3.89. The number of anilines is 1. The number of halogens is 1. The molecule has 2 aromatic carbocycles. The number of aryl methyl sites for hydroxylation is 1. The van der Waals surface area contributed by atoms with E-state index in [1.807, 2.05) is 0 Å². The number of hydrogen-bond donors (Lipinski definition) is 1. The number of carbonyl (C=O) groups excluding carboxylic acids is 1. The van der Waals surface area contributed by atoms with Gasteiger partial charge in [0.25, 0.3) is 0 Å². The van der Waals surface area contributed by atoms with Crippen molar-refractivity contribution >= 4 is 33.2 Å². The smallest absolute Gasteiger partial charge is 0.248 e. The zero-order valence-electron chi connectivity index (χ0n) is 14.4. The summed E-state index contributed by atoms with van der Waals surface area (Å²) >= 11 is 5.95. The van der Waals surface area contributed by atoms with Crippen LogP contribution in [-0.4, -0.2) is 19.5 Å². The Balaban J connectivity index is 1.94. The average Bonchev–Trinajstić information content (AvgIpc) is 3.00. The number of amides is 1. The van der Waals surface area contributed by atoms with Crippen LogP contribution in [0.15, 0.2) is 65.2 Å². The lowest BCUT2D eigenvalue weighted by atomic mass is 10.1. The van der Waals surface area contributed by atoms with Crippen molar-refractivity contribution in [2.24, 2.45) is 0 Å². The summed E-state index contributed by atoms with van der Waals surface area (Å²) in [5.74, 6) is -0.352. The molecular weight excluding hydrogens is 388 g/mol. The van der Waals surface area contributed by atoms with Gasteiger partial charge in [-0.1, -0.05) is 59.2 Å². The van der Waals surface area contributed by atoms with E-state index in [0.717, 1.165) is 0 Å². The van der Waals surface area contributed by atoms with Crippen LogP contribution in [-0.2, 0) is 20.4 Å². The molecule has 0 saturated heterocycles. The first-order valence-corrected chi connectivity index (χ1v) is 10.2. The number of benzene rings is 2. The van der Waals surface area contributed by atoms with Crippen LogP contribution in [0.5, 0.6) is 0 Å². The van der Waals surface area contributed by atoms with Crippen LogP contribution in [0.25, 0.3) is 0 Å². The molecule has 1 heterocycles. The van der Waals surface area contributed by atoms with Gasteiger partial charge < -0.3 is 9.84 Å². The van der Waals surface area contributed by atoms with Gasteiger partial charge in [0.15, 0.2) is 20.9 Å². The van der Waals surface area contributed by atoms with Crippen LogP contribution in [0.1, 0.15) is 22.1 Å². The van der Waals surface area contributed by atoms with E-state index in [-0.39, 0.29) is 11.6 Å². The molecule has 0 aliphatic heterocycles. The summed E-state index contributed by atoms with van der Waals surface area (Å²) in [5, 5.41) is 5.24. The average molecular weight is 405 g/mol.